The fraction of sp³-hybridized carbons (Fsp3) is 0.342. The highest BCUT2D eigenvalue weighted by atomic mass is 31.2. The first kappa shape index (κ1) is 36.3. The van der Waals surface area contributed by atoms with Crippen LogP contribution in [0.5, 0.6) is 5.75 Å². The fourth-order valence-electron chi connectivity index (χ4n) is 6.28. The van der Waals surface area contributed by atoms with Gasteiger partial charge in [-0.25, -0.2) is 4.39 Å². The van der Waals surface area contributed by atoms with Crippen molar-refractivity contribution < 1.29 is 32.5 Å². The van der Waals surface area contributed by atoms with Crippen LogP contribution in [0, 0.1) is 19.7 Å². The first-order chi connectivity index (χ1) is 22.3. The summed E-state index contributed by atoms with van der Waals surface area (Å²) < 4.78 is 47.0. The van der Waals surface area contributed by atoms with Crippen LogP contribution in [0.15, 0.2) is 97.1 Å². The van der Waals surface area contributed by atoms with Crippen LogP contribution < -0.4 is 15.1 Å². The first-order valence-electron chi connectivity index (χ1n) is 15.9. The van der Waals surface area contributed by atoms with E-state index >= 15 is 0 Å². The van der Waals surface area contributed by atoms with E-state index in [0.717, 1.165) is 32.6 Å². The number of aliphatic carboxylic acids is 1. The van der Waals surface area contributed by atoms with Crippen LogP contribution in [0.25, 0.3) is 0 Å². The number of carbonyl (C=O) groups is 1. The lowest BCUT2D eigenvalue weighted by molar-refractivity contribution is -0.138. The summed E-state index contributed by atoms with van der Waals surface area (Å²) in [5.74, 6) is -0.669. The number of hydrogen-bond donors (Lipinski definition) is 1. The molecule has 4 aromatic carbocycles. The van der Waals surface area contributed by atoms with Crippen LogP contribution in [0.1, 0.15) is 49.4 Å². The van der Waals surface area contributed by atoms with Crippen molar-refractivity contribution in [3.8, 4) is 5.75 Å². The summed E-state index contributed by atoms with van der Waals surface area (Å²) in [6.07, 6.45) is -0.641. The Kier molecular flexibility index (Phi) is 12.0. The molecule has 47 heavy (non-hydrogen) atoms. The Morgan fingerprint density at radius 3 is 2.00 bits per heavy atom. The largest absolute Gasteiger partial charge is 0.489 e. The molecule has 2 atom stereocenters. The zero-order chi connectivity index (χ0) is 34.2. The van der Waals surface area contributed by atoms with Crippen molar-refractivity contribution >= 4 is 32.0 Å². The molecule has 0 aliphatic rings. The third-order valence-electron chi connectivity index (χ3n) is 8.56. The summed E-state index contributed by atoms with van der Waals surface area (Å²) >= 11 is 0. The fourth-order valence-corrected chi connectivity index (χ4v) is 13.0. The summed E-state index contributed by atoms with van der Waals surface area (Å²) in [4.78, 5) is 12.3. The van der Waals surface area contributed by atoms with E-state index in [1.807, 2.05) is 80.6 Å². The van der Waals surface area contributed by atoms with Crippen molar-refractivity contribution in [3.05, 3.63) is 125 Å². The Balaban J connectivity index is 1.65. The Morgan fingerprint density at radius 1 is 0.915 bits per heavy atom. The molecule has 0 aliphatic carbocycles. The minimum Gasteiger partial charge on any atom is -0.489 e. The number of carboxylic acids is 1. The van der Waals surface area contributed by atoms with Crippen molar-refractivity contribution in [2.45, 2.75) is 65.2 Å². The van der Waals surface area contributed by atoms with Gasteiger partial charge in [0.15, 0.2) is 0 Å². The second-order valence-corrected chi connectivity index (χ2v) is 20.2. The lowest BCUT2D eigenvalue weighted by Crippen LogP contribution is -2.68. The minimum absolute atomic E-state index is 0.0447. The van der Waals surface area contributed by atoms with Gasteiger partial charge in [0.05, 0.1) is 18.7 Å². The number of halogens is 1. The number of benzene rings is 4. The lowest BCUT2D eigenvalue weighted by Gasteiger charge is -2.45. The van der Waals surface area contributed by atoms with Crippen LogP contribution in [-0.4, -0.2) is 44.9 Å². The predicted octanol–water partition coefficient (Wildman–Crippen LogP) is 7.91. The van der Waals surface area contributed by atoms with Gasteiger partial charge in [-0.1, -0.05) is 99.6 Å². The summed E-state index contributed by atoms with van der Waals surface area (Å²) in [6, 6.07) is 30.2. The van der Waals surface area contributed by atoms with Crippen LogP contribution in [-0.2, 0) is 31.3 Å². The molecule has 4 aromatic rings. The topological polar surface area (TPSA) is 82.1 Å². The highest BCUT2D eigenvalue weighted by molar-refractivity contribution is 7.59. The molecule has 0 saturated carbocycles. The Morgan fingerprint density at radius 2 is 1.49 bits per heavy atom. The molecule has 0 aromatic heterocycles. The van der Waals surface area contributed by atoms with Crippen molar-refractivity contribution in [1.29, 1.82) is 0 Å². The van der Waals surface area contributed by atoms with Gasteiger partial charge in [0.1, 0.15) is 18.2 Å². The van der Waals surface area contributed by atoms with Gasteiger partial charge in [-0.2, -0.15) is 0 Å². The second kappa shape index (κ2) is 15.6. The third-order valence-corrected chi connectivity index (χ3v) is 16.2. The Labute approximate surface area is 279 Å². The maximum atomic E-state index is 14.5. The van der Waals surface area contributed by atoms with Gasteiger partial charge in [-0.15, -0.1) is 0 Å². The average molecular weight is 677 g/mol. The van der Waals surface area contributed by atoms with Gasteiger partial charge in [0.2, 0.25) is 7.37 Å². The van der Waals surface area contributed by atoms with Crippen molar-refractivity contribution in [2.24, 2.45) is 0 Å². The number of hydrogen-bond acceptors (Lipinski definition) is 5. The van der Waals surface area contributed by atoms with E-state index in [1.165, 1.54) is 19.2 Å². The number of carboxylic acid groups (broad SMARTS) is 1. The van der Waals surface area contributed by atoms with Gasteiger partial charge in [-0.05, 0) is 76.1 Å². The summed E-state index contributed by atoms with van der Waals surface area (Å²) in [7, 11) is -5.10. The molecule has 0 radical (unpaired) electrons. The summed E-state index contributed by atoms with van der Waals surface area (Å²) in [6.45, 7) is 10.6. The van der Waals surface area contributed by atoms with E-state index in [2.05, 4.69) is 26.8 Å². The molecule has 0 saturated heterocycles. The van der Waals surface area contributed by atoms with Crippen molar-refractivity contribution in [2.75, 3.05) is 19.4 Å². The maximum Gasteiger partial charge on any atom is 0.305 e. The van der Waals surface area contributed by atoms with Gasteiger partial charge >= 0.3 is 5.97 Å². The molecule has 1 N–H and O–H groups in total. The monoisotopic (exact) mass is 676 g/mol. The third kappa shape index (κ3) is 9.08. The molecule has 0 aliphatic heterocycles. The van der Waals surface area contributed by atoms with Gasteiger partial charge < -0.3 is 18.8 Å². The Bertz CT molecular complexity index is 1630. The van der Waals surface area contributed by atoms with Gasteiger partial charge in [0.25, 0.3) is 8.32 Å². The molecule has 6 nitrogen and oxygen atoms in total. The molecule has 4 rings (SSSR count). The number of aryl methyl sites for hydroxylation is 2. The molecule has 0 heterocycles. The summed E-state index contributed by atoms with van der Waals surface area (Å²) in [5.41, 5.74) is 3.75. The zero-order valence-electron chi connectivity index (χ0n) is 28.2. The van der Waals surface area contributed by atoms with Crippen molar-refractivity contribution in [1.82, 2.24) is 0 Å². The van der Waals surface area contributed by atoms with E-state index in [4.69, 9.17) is 13.7 Å². The molecule has 250 valence electrons. The highest BCUT2D eigenvalue weighted by Crippen LogP contribution is 2.49. The molecule has 2 unspecified atom stereocenters. The van der Waals surface area contributed by atoms with E-state index in [-0.39, 0.29) is 36.2 Å². The van der Waals surface area contributed by atoms with E-state index < -0.39 is 27.8 Å². The van der Waals surface area contributed by atoms with Crippen LogP contribution in [0.4, 0.5) is 4.39 Å². The minimum atomic E-state index is -3.40. The molecule has 0 spiro atoms. The molecular weight excluding hydrogens is 630 g/mol. The SMILES string of the molecule is COP(=O)(CCc1c(C)cc(C)cc1OCc1ccc(F)cc1)CC(CC(=O)O)O[Si](c1ccccc1)(c1ccccc1)C(C)(C)C. The van der Waals surface area contributed by atoms with Gasteiger partial charge in [0, 0.05) is 13.3 Å². The van der Waals surface area contributed by atoms with E-state index in [0.29, 0.717) is 12.2 Å². The molecule has 0 bridgehead atoms. The summed E-state index contributed by atoms with van der Waals surface area (Å²) in [5, 5.41) is 11.7. The van der Waals surface area contributed by atoms with Gasteiger partial charge in [-0.3, -0.25) is 9.36 Å². The predicted molar refractivity (Wildman–Crippen MR) is 189 cm³/mol. The maximum absolute atomic E-state index is 14.5. The van der Waals surface area contributed by atoms with Crippen LogP contribution in [0.2, 0.25) is 5.04 Å². The second-order valence-electron chi connectivity index (χ2n) is 13.1. The van der Waals surface area contributed by atoms with Crippen molar-refractivity contribution in [3.63, 3.8) is 0 Å². The standard InChI is InChI=1S/C38H46FO6PSi/c1-28-23-29(2)35(36(24-28)44-26-30-17-19-31(39)20-18-30)21-22-46(42,43-6)27-32(25-37(40)41)45-47(38(3,4)5,33-13-9-7-10-14-33)34-15-11-8-12-16-34/h7-20,23-24,32H,21-22,25-27H2,1-6H3,(H,40,41). The molecule has 9 heteroatoms. The normalized spacial score (nSPS) is 13.9. The van der Waals surface area contributed by atoms with Crippen LogP contribution >= 0.6 is 7.37 Å². The zero-order valence-corrected chi connectivity index (χ0v) is 30.1. The molecular formula is C38H46FO6PSi. The average Bonchev–Trinajstić information content (AvgIpc) is 3.02. The quantitative estimate of drug-likeness (QED) is 0.102. The first-order valence-corrected chi connectivity index (χ1v) is 19.8. The Hall–Kier alpha value is -3.55. The van der Waals surface area contributed by atoms with Crippen LogP contribution in [0.3, 0.4) is 0 Å². The van der Waals surface area contributed by atoms with E-state index in [9.17, 15) is 18.9 Å². The smallest absolute Gasteiger partial charge is 0.305 e. The number of ether oxygens (including phenoxy) is 1. The molecule has 0 fully saturated rings. The molecule has 0 amide bonds. The van der Waals surface area contributed by atoms with E-state index in [1.54, 1.807) is 12.1 Å². The highest BCUT2D eigenvalue weighted by Gasteiger charge is 2.52. The number of rotatable bonds is 15. The lowest BCUT2D eigenvalue weighted by atomic mass is 10.0.